The molecule has 3 heterocycles. The molecule has 1 fully saturated rings. The number of nitrogens with one attached hydrogen (secondary N) is 2. The van der Waals surface area contributed by atoms with Gasteiger partial charge in [0.1, 0.15) is 17.5 Å². The molecule has 2 aliphatic heterocycles. The summed E-state index contributed by atoms with van der Waals surface area (Å²) >= 11 is 0. The van der Waals surface area contributed by atoms with Gasteiger partial charge in [-0.3, -0.25) is 14.4 Å². The summed E-state index contributed by atoms with van der Waals surface area (Å²) in [6, 6.07) is 15.4. The molecule has 39 heavy (non-hydrogen) atoms. The quantitative estimate of drug-likeness (QED) is 0.468. The van der Waals surface area contributed by atoms with Crippen molar-refractivity contribution in [3.8, 4) is 11.8 Å². The Balaban J connectivity index is 1.48. The highest BCUT2D eigenvalue weighted by molar-refractivity contribution is 6.07. The van der Waals surface area contributed by atoms with Crippen LogP contribution in [0.2, 0.25) is 0 Å². The number of likely N-dealkylation sites (N-methyl/N-ethyl adjacent to an activating group) is 1. The van der Waals surface area contributed by atoms with E-state index in [0.717, 1.165) is 16.5 Å². The predicted molar refractivity (Wildman–Crippen MR) is 148 cm³/mol. The summed E-state index contributed by atoms with van der Waals surface area (Å²) in [5.41, 5.74) is 1.51. The molecule has 0 bridgehead atoms. The number of carbonyl (C=O) groups excluding carboxylic acids is 3. The van der Waals surface area contributed by atoms with E-state index in [9.17, 15) is 19.6 Å². The largest absolute Gasteiger partial charge is 0.498 e. The first-order valence-corrected chi connectivity index (χ1v) is 12.9. The maximum Gasteiger partial charge on any atom is 0.323 e. The van der Waals surface area contributed by atoms with Gasteiger partial charge in [-0.25, -0.2) is 0 Å². The number of methoxy groups -OCH3 is 1. The van der Waals surface area contributed by atoms with Crippen molar-refractivity contribution >= 4 is 34.3 Å². The first-order chi connectivity index (χ1) is 18.7. The van der Waals surface area contributed by atoms with Crippen LogP contribution in [0.3, 0.4) is 0 Å². The van der Waals surface area contributed by atoms with Crippen molar-refractivity contribution < 1.29 is 19.1 Å². The average Bonchev–Trinajstić information content (AvgIpc) is 3.60. The lowest BCUT2D eigenvalue weighted by atomic mass is 9.80. The fourth-order valence-corrected chi connectivity index (χ4v) is 5.86. The van der Waals surface area contributed by atoms with Crippen LogP contribution in [0.15, 0.2) is 48.5 Å². The number of aromatic amines is 1. The third-order valence-corrected chi connectivity index (χ3v) is 7.81. The molecule has 0 saturated carbocycles. The average molecular weight is 530 g/mol. The summed E-state index contributed by atoms with van der Waals surface area (Å²) in [4.78, 5) is 47.1. The number of ether oxygens (including phenoxy) is 1. The minimum absolute atomic E-state index is 0.0576. The first kappa shape index (κ1) is 26.1. The van der Waals surface area contributed by atoms with E-state index in [-0.39, 0.29) is 36.6 Å². The lowest BCUT2D eigenvalue weighted by Crippen LogP contribution is -2.52. The number of para-hydroxylation sites is 1. The molecule has 5 rings (SSSR count). The Bertz CT molecular complexity index is 1520. The molecule has 0 unspecified atom stereocenters. The number of hydrogen-bond donors (Lipinski definition) is 2. The molecule has 10 heteroatoms. The SMILES string of the molecule is COc1cccc2[nH]c(C(=O)N(C)[C@@H](CC(C)C)C(=O)N3C[C@]4(C[C@H]3C#[N+][O-])C(=O)Nc3ccccc34)cc12. The van der Waals surface area contributed by atoms with Gasteiger partial charge in [0, 0.05) is 41.6 Å². The molecule has 2 aliphatic rings. The van der Waals surface area contributed by atoms with Crippen LogP contribution in [-0.4, -0.2) is 65.3 Å². The first-order valence-electron chi connectivity index (χ1n) is 12.9. The Morgan fingerprint density at radius 2 is 2.03 bits per heavy atom. The van der Waals surface area contributed by atoms with Crippen LogP contribution in [0, 0.1) is 17.2 Å². The van der Waals surface area contributed by atoms with Crippen molar-refractivity contribution in [1.29, 1.82) is 0 Å². The number of carbonyl (C=O) groups is 3. The number of nitrogens with zero attached hydrogens (tertiary/aromatic N) is 3. The summed E-state index contributed by atoms with van der Waals surface area (Å²) in [7, 11) is 3.16. The fraction of sp³-hybridized carbons (Fsp3) is 0.379. The highest BCUT2D eigenvalue weighted by atomic mass is 16.5. The van der Waals surface area contributed by atoms with Gasteiger partial charge in [-0.1, -0.05) is 38.1 Å². The number of aromatic nitrogens is 1. The van der Waals surface area contributed by atoms with Crippen LogP contribution in [-0.2, 0) is 15.0 Å². The number of H-pyrrole nitrogens is 1. The van der Waals surface area contributed by atoms with E-state index in [0.29, 0.717) is 23.6 Å². The molecule has 202 valence electrons. The van der Waals surface area contributed by atoms with Gasteiger partial charge in [0.2, 0.25) is 11.8 Å². The summed E-state index contributed by atoms with van der Waals surface area (Å²) in [5, 5.41) is 17.8. The smallest absolute Gasteiger partial charge is 0.323 e. The van der Waals surface area contributed by atoms with E-state index in [4.69, 9.17) is 4.74 Å². The molecule has 1 spiro atoms. The van der Waals surface area contributed by atoms with E-state index < -0.39 is 17.5 Å². The second kappa shape index (κ2) is 9.98. The second-order valence-electron chi connectivity index (χ2n) is 10.7. The van der Waals surface area contributed by atoms with Gasteiger partial charge < -0.3 is 30.0 Å². The maximum absolute atomic E-state index is 14.2. The topological polar surface area (TPSA) is 122 Å². The van der Waals surface area contributed by atoms with E-state index in [1.165, 1.54) is 9.80 Å². The number of likely N-dealkylation sites (tertiary alicyclic amines) is 1. The standard InChI is InChI=1S/C29H31N5O5/c1-17(2)12-24(33(3)26(35)23-13-19-21(31-23)10-7-11-25(19)39-4)27(36)34-16-29(14-18(34)15-30-38)20-8-5-6-9-22(20)32-28(29)37/h5-11,13,17-18,24,31H,12,14,16H2,1-4H3,(H,32,37)/t18-,24-,29-/m0/s1. The zero-order chi connectivity index (χ0) is 27.9. The van der Waals surface area contributed by atoms with Gasteiger partial charge >= 0.3 is 6.07 Å². The van der Waals surface area contributed by atoms with Gasteiger partial charge in [-0.15, -0.1) is 0 Å². The molecule has 1 saturated heterocycles. The van der Waals surface area contributed by atoms with Crippen molar-refractivity contribution in [2.24, 2.45) is 5.92 Å². The Hall–Kier alpha value is -4.52. The van der Waals surface area contributed by atoms with Crippen molar-refractivity contribution in [3.05, 3.63) is 70.0 Å². The normalized spacial score (nSPS) is 20.5. The van der Waals surface area contributed by atoms with E-state index in [2.05, 4.69) is 21.4 Å². The monoisotopic (exact) mass is 529 g/mol. The number of anilines is 1. The summed E-state index contributed by atoms with van der Waals surface area (Å²) in [6.07, 6.45) is 0.569. The third kappa shape index (κ3) is 4.34. The van der Waals surface area contributed by atoms with Gasteiger partial charge in [-0.2, -0.15) is 0 Å². The highest BCUT2D eigenvalue weighted by Gasteiger charge is 2.57. The lowest BCUT2D eigenvalue weighted by Gasteiger charge is -2.32. The number of hydrogen-bond acceptors (Lipinski definition) is 5. The van der Waals surface area contributed by atoms with Crippen LogP contribution in [0.4, 0.5) is 5.69 Å². The van der Waals surface area contributed by atoms with E-state index in [1.54, 1.807) is 20.2 Å². The molecule has 0 radical (unpaired) electrons. The molecule has 3 amide bonds. The van der Waals surface area contributed by atoms with Crippen LogP contribution in [0.5, 0.6) is 5.75 Å². The fourth-order valence-electron chi connectivity index (χ4n) is 5.86. The van der Waals surface area contributed by atoms with Gasteiger partial charge in [0.25, 0.3) is 5.91 Å². The number of benzene rings is 2. The molecule has 3 aromatic rings. The van der Waals surface area contributed by atoms with Gasteiger partial charge in [-0.05, 0) is 42.2 Å². The predicted octanol–water partition coefficient (Wildman–Crippen LogP) is 3.98. The van der Waals surface area contributed by atoms with Crippen molar-refractivity contribution in [2.75, 3.05) is 26.0 Å². The van der Waals surface area contributed by atoms with Crippen LogP contribution < -0.4 is 10.1 Å². The Kier molecular flexibility index (Phi) is 6.68. The number of fused-ring (bicyclic) bond motifs is 3. The lowest BCUT2D eigenvalue weighted by molar-refractivity contribution is -0.136. The van der Waals surface area contributed by atoms with Crippen molar-refractivity contribution in [1.82, 2.24) is 14.8 Å². The Morgan fingerprint density at radius 3 is 2.74 bits per heavy atom. The molecule has 2 aromatic carbocycles. The van der Waals surface area contributed by atoms with Gasteiger partial charge in [0.15, 0.2) is 6.04 Å². The third-order valence-electron chi connectivity index (χ3n) is 7.81. The number of rotatable bonds is 6. The zero-order valence-electron chi connectivity index (χ0n) is 22.4. The molecule has 10 nitrogen and oxygen atoms in total. The molecule has 3 atom stereocenters. The minimum atomic E-state index is -1.02. The maximum atomic E-state index is 14.2. The van der Waals surface area contributed by atoms with Crippen LogP contribution in [0.25, 0.3) is 15.9 Å². The summed E-state index contributed by atoms with van der Waals surface area (Å²) < 4.78 is 5.42. The zero-order valence-corrected chi connectivity index (χ0v) is 22.4. The minimum Gasteiger partial charge on any atom is -0.498 e. The van der Waals surface area contributed by atoms with Crippen LogP contribution in [0.1, 0.15) is 42.7 Å². The Labute approximate surface area is 226 Å². The molecular weight excluding hydrogens is 498 g/mol. The highest BCUT2D eigenvalue weighted by Crippen LogP contribution is 2.46. The molecule has 1 aromatic heterocycles. The summed E-state index contributed by atoms with van der Waals surface area (Å²) in [6.45, 7) is 4.00. The number of amides is 3. The molecular formula is C29H31N5O5. The van der Waals surface area contributed by atoms with E-state index >= 15 is 0 Å². The second-order valence-corrected chi connectivity index (χ2v) is 10.7. The molecule has 0 aliphatic carbocycles. The van der Waals surface area contributed by atoms with E-state index in [1.807, 2.05) is 56.3 Å². The summed E-state index contributed by atoms with van der Waals surface area (Å²) in [5.74, 6) is -0.229. The molecule has 2 N–H and O–H groups in total. The van der Waals surface area contributed by atoms with Gasteiger partial charge in [0.05, 0.1) is 12.5 Å². The van der Waals surface area contributed by atoms with Crippen molar-refractivity contribution in [2.45, 2.75) is 44.2 Å². The van der Waals surface area contributed by atoms with Crippen LogP contribution >= 0.6 is 0 Å². The van der Waals surface area contributed by atoms with Crippen molar-refractivity contribution in [3.63, 3.8) is 0 Å². The Morgan fingerprint density at radius 1 is 1.26 bits per heavy atom.